The van der Waals surface area contributed by atoms with Gasteiger partial charge in [-0.3, -0.25) is 0 Å². The Balaban J connectivity index is 2.38. The van der Waals surface area contributed by atoms with Crippen LogP contribution in [0.5, 0.6) is 0 Å². The first kappa shape index (κ1) is 14.0. The Morgan fingerprint density at radius 3 is 2.62 bits per heavy atom. The zero-order valence-corrected chi connectivity index (χ0v) is 11.2. The summed E-state index contributed by atoms with van der Waals surface area (Å²) in [5, 5.41) is 13.1. The molecule has 2 N–H and O–H groups in total. The molecule has 1 aliphatic rings. The van der Waals surface area contributed by atoms with Gasteiger partial charge >= 0.3 is 0 Å². The molecule has 0 aliphatic heterocycles. The van der Waals surface area contributed by atoms with Crippen molar-refractivity contribution in [2.45, 2.75) is 71.4 Å². The molecule has 2 nitrogen and oxygen atoms in total. The summed E-state index contributed by atoms with van der Waals surface area (Å²) in [6.45, 7) is 7.01. The summed E-state index contributed by atoms with van der Waals surface area (Å²) in [4.78, 5) is 0. The highest BCUT2D eigenvalue weighted by molar-refractivity contribution is 4.82. The Kier molecular flexibility index (Phi) is 6.37. The van der Waals surface area contributed by atoms with E-state index >= 15 is 0 Å². The number of hydrogen-bond acceptors (Lipinski definition) is 2. The van der Waals surface area contributed by atoms with E-state index in [1.807, 2.05) is 0 Å². The van der Waals surface area contributed by atoms with Gasteiger partial charge < -0.3 is 10.4 Å². The summed E-state index contributed by atoms with van der Waals surface area (Å²) < 4.78 is 0. The van der Waals surface area contributed by atoms with Crippen molar-refractivity contribution in [3.63, 3.8) is 0 Å². The lowest BCUT2D eigenvalue weighted by Crippen LogP contribution is -2.46. The maximum Gasteiger partial charge on any atom is 0.0587 e. The van der Waals surface area contributed by atoms with Crippen molar-refractivity contribution in [3.8, 4) is 0 Å². The molecule has 0 bridgehead atoms. The van der Waals surface area contributed by atoms with Crippen LogP contribution in [0.2, 0.25) is 0 Å². The molecule has 0 aromatic rings. The molecule has 4 unspecified atom stereocenters. The molecule has 2 heteroatoms. The fourth-order valence-electron chi connectivity index (χ4n) is 2.80. The quantitative estimate of drug-likeness (QED) is 0.731. The molecule has 16 heavy (non-hydrogen) atoms. The summed E-state index contributed by atoms with van der Waals surface area (Å²) in [5.41, 5.74) is 0. The largest absolute Gasteiger partial charge is 0.395 e. The predicted octanol–water partition coefficient (Wildman–Crippen LogP) is 2.95. The van der Waals surface area contributed by atoms with E-state index in [4.69, 9.17) is 0 Å². The summed E-state index contributed by atoms with van der Waals surface area (Å²) in [6.07, 6.45) is 7.82. The highest BCUT2D eigenvalue weighted by atomic mass is 16.3. The molecule has 0 heterocycles. The monoisotopic (exact) mass is 227 g/mol. The zero-order chi connectivity index (χ0) is 12.0. The Bertz CT molecular complexity index is 184. The summed E-state index contributed by atoms with van der Waals surface area (Å²) in [6, 6.07) is 0.940. The second-order valence-corrected chi connectivity index (χ2v) is 5.48. The number of nitrogens with one attached hydrogen (secondary N) is 1. The Hall–Kier alpha value is -0.0800. The van der Waals surface area contributed by atoms with Crippen LogP contribution >= 0.6 is 0 Å². The Labute approximate surface area is 101 Å². The fraction of sp³-hybridized carbons (Fsp3) is 1.00. The second-order valence-electron chi connectivity index (χ2n) is 5.48. The van der Waals surface area contributed by atoms with Crippen molar-refractivity contribution in [2.75, 3.05) is 6.61 Å². The van der Waals surface area contributed by atoms with Crippen LogP contribution in [-0.2, 0) is 0 Å². The van der Waals surface area contributed by atoms with Crippen molar-refractivity contribution < 1.29 is 5.11 Å². The lowest BCUT2D eigenvalue weighted by molar-refractivity contribution is 0.168. The molecule has 0 radical (unpaired) electrons. The maximum absolute atomic E-state index is 9.42. The van der Waals surface area contributed by atoms with E-state index < -0.39 is 0 Å². The number of aliphatic hydroxyl groups is 1. The van der Waals surface area contributed by atoms with Gasteiger partial charge in [0.15, 0.2) is 0 Å². The minimum Gasteiger partial charge on any atom is -0.395 e. The standard InChI is InChI=1S/C14H29NO/c1-4-11(3)14(10-16)15-13-8-6-7-12(5-2)9-13/h11-16H,4-10H2,1-3H3. The minimum atomic E-state index is 0.280. The van der Waals surface area contributed by atoms with E-state index in [-0.39, 0.29) is 6.61 Å². The topological polar surface area (TPSA) is 32.3 Å². The molecule has 1 rings (SSSR count). The molecule has 1 aliphatic carbocycles. The summed E-state index contributed by atoms with van der Waals surface area (Å²) in [7, 11) is 0. The first-order valence-corrected chi connectivity index (χ1v) is 7.08. The van der Waals surface area contributed by atoms with E-state index in [0.29, 0.717) is 18.0 Å². The van der Waals surface area contributed by atoms with E-state index in [2.05, 4.69) is 26.1 Å². The lowest BCUT2D eigenvalue weighted by Gasteiger charge is -2.33. The van der Waals surface area contributed by atoms with Gasteiger partial charge in [-0.1, -0.05) is 46.5 Å². The van der Waals surface area contributed by atoms with Gasteiger partial charge in [0.25, 0.3) is 0 Å². The lowest BCUT2D eigenvalue weighted by atomic mass is 9.83. The fourth-order valence-corrected chi connectivity index (χ4v) is 2.80. The van der Waals surface area contributed by atoms with Gasteiger partial charge in [0.05, 0.1) is 6.61 Å². The van der Waals surface area contributed by atoms with E-state index in [1.165, 1.54) is 32.1 Å². The number of hydrogen-bond donors (Lipinski definition) is 2. The van der Waals surface area contributed by atoms with Gasteiger partial charge in [-0.15, -0.1) is 0 Å². The van der Waals surface area contributed by atoms with E-state index in [1.54, 1.807) is 0 Å². The minimum absolute atomic E-state index is 0.280. The molecular weight excluding hydrogens is 198 g/mol. The predicted molar refractivity (Wildman–Crippen MR) is 69.5 cm³/mol. The van der Waals surface area contributed by atoms with Gasteiger partial charge in [-0.2, -0.15) is 0 Å². The molecule has 1 saturated carbocycles. The van der Waals surface area contributed by atoms with Crippen LogP contribution < -0.4 is 5.32 Å². The van der Waals surface area contributed by atoms with Crippen molar-refractivity contribution >= 4 is 0 Å². The molecule has 1 fully saturated rings. The molecule has 4 atom stereocenters. The smallest absolute Gasteiger partial charge is 0.0587 e. The van der Waals surface area contributed by atoms with E-state index in [0.717, 1.165) is 12.3 Å². The molecule has 0 aromatic carbocycles. The van der Waals surface area contributed by atoms with Crippen LogP contribution in [0, 0.1) is 11.8 Å². The van der Waals surface area contributed by atoms with Crippen molar-refractivity contribution in [2.24, 2.45) is 11.8 Å². The third kappa shape index (κ3) is 4.06. The van der Waals surface area contributed by atoms with Crippen LogP contribution in [0.4, 0.5) is 0 Å². The Morgan fingerprint density at radius 1 is 1.31 bits per heavy atom. The normalized spacial score (nSPS) is 30.0. The van der Waals surface area contributed by atoms with Crippen LogP contribution in [0.3, 0.4) is 0 Å². The van der Waals surface area contributed by atoms with Gasteiger partial charge in [-0.25, -0.2) is 0 Å². The molecular formula is C14H29NO. The maximum atomic E-state index is 9.42. The number of rotatable bonds is 6. The number of aliphatic hydroxyl groups excluding tert-OH is 1. The highest BCUT2D eigenvalue weighted by Crippen LogP contribution is 2.27. The van der Waals surface area contributed by atoms with Crippen LogP contribution in [0.25, 0.3) is 0 Å². The SMILES string of the molecule is CCC1CCCC(NC(CO)C(C)CC)C1. The molecule has 0 aromatic heterocycles. The second kappa shape index (κ2) is 7.29. The third-order valence-electron chi connectivity index (χ3n) is 4.34. The molecule has 0 amide bonds. The third-order valence-corrected chi connectivity index (χ3v) is 4.34. The zero-order valence-electron chi connectivity index (χ0n) is 11.2. The van der Waals surface area contributed by atoms with Gasteiger partial charge in [0, 0.05) is 12.1 Å². The molecule has 96 valence electrons. The van der Waals surface area contributed by atoms with E-state index in [9.17, 15) is 5.11 Å². The first-order chi connectivity index (χ1) is 7.71. The van der Waals surface area contributed by atoms with Crippen LogP contribution in [-0.4, -0.2) is 23.8 Å². The highest BCUT2D eigenvalue weighted by Gasteiger charge is 2.24. The van der Waals surface area contributed by atoms with Gasteiger partial charge in [0.2, 0.25) is 0 Å². The first-order valence-electron chi connectivity index (χ1n) is 7.08. The average molecular weight is 227 g/mol. The summed E-state index contributed by atoms with van der Waals surface area (Å²) >= 11 is 0. The van der Waals surface area contributed by atoms with Crippen molar-refractivity contribution in [1.29, 1.82) is 0 Å². The van der Waals surface area contributed by atoms with Crippen LogP contribution in [0.1, 0.15) is 59.3 Å². The summed E-state index contributed by atoms with van der Waals surface area (Å²) in [5.74, 6) is 1.48. The van der Waals surface area contributed by atoms with Crippen LogP contribution in [0.15, 0.2) is 0 Å². The van der Waals surface area contributed by atoms with Gasteiger partial charge in [0.1, 0.15) is 0 Å². The molecule has 0 spiro atoms. The average Bonchev–Trinajstić information content (AvgIpc) is 2.35. The van der Waals surface area contributed by atoms with Crippen molar-refractivity contribution in [1.82, 2.24) is 5.32 Å². The van der Waals surface area contributed by atoms with Gasteiger partial charge in [-0.05, 0) is 24.7 Å². The Morgan fingerprint density at radius 2 is 2.06 bits per heavy atom. The van der Waals surface area contributed by atoms with Crippen molar-refractivity contribution in [3.05, 3.63) is 0 Å². The molecule has 0 saturated heterocycles.